The third-order valence-electron chi connectivity index (χ3n) is 3.09. The van der Waals surface area contributed by atoms with Gasteiger partial charge in [0.25, 0.3) is 0 Å². The highest BCUT2D eigenvalue weighted by molar-refractivity contribution is 4.98. The minimum Gasteiger partial charge on any atom is -0.374 e. The Hall–Kier alpha value is -0.120. The van der Waals surface area contributed by atoms with Gasteiger partial charge in [-0.1, -0.05) is 6.92 Å². The van der Waals surface area contributed by atoms with Crippen molar-refractivity contribution in [3.05, 3.63) is 0 Å². The summed E-state index contributed by atoms with van der Waals surface area (Å²) in [5.74, 6) is 0.642. The zero-order valence-corrected chi connectivity index (χ0v) is 7.09. The summed E-state index contributed by atoms with van der Waals surface area (Å²) in [6.45, 7) is 6.00. The molecule has 3 unspecified atom stereocenters. The van der Waals surface area contributed by atoms with Crippen molar-refractivity contribution < 1.29 is 9.57 Å². The van der Waals surface area contributed by atoms with Gasteiger partial charge in [0.15, 0.2) is 0 Å². The predicted octanol–water partition coefficient (Wildman–Crippen LogP) is 0.705. The number of fused-ring (bicyclic) bond motifs is 1. The largest absolute Gasteiger partial charge is 0.374 e. The van der Waals surface area contributed by atoms with E-state index in [1.807, 2.05) is 0 Å². The van der Waals surface area contributed by atoms with E-state index in [0.29, 0.717) is 12.5 Å². The molecule has 0 aromatic rings. The van der Waals surface area contributed by atoms with Gasteiger partial charge in [-0.3, -0.25) is 4.84 Å². The average Bonchev–Trinajstić information content (AvgIpc) is 2.34. The van der Waals surface area contributed by atoms with Gasteiger partial charge in [0.05, 0.1) is 12.1 Å². The summed E-state index contributed by atoms with van der Waals surface area (Å²) in [6.07, 6.45) is 1.38. The topological polar surface area (TPSA) is 30.5 Å². The number of hydrogen-bond acceptors (Lipinski definition) is 3. The molecule has 3 atom stereocenters. The van der Waals surface area contributed by atoms with Crippen LogP contribution in [0.3, 0.4) is 0 Å². The molecule has 3 nitrogen and oxygen atoms in total. The van der Waals surface area contributed by atoms with E-state index in [2.05, 4.69) is 19.3 Å². The fourth-order valence-electron chi connectivity index (χ4n) is 1.84. The summed E-state index contributed by atoms with van der Waals surface area (Å²) in [5.41, 5.74) is 3.11. The fourth-order valence-corrected chi connectivity index (χ4v) is 1.84. The molecular weight excluding hydrogens is 142 g/mol. The molecule has 3 heteroatoms. The number of rotatable bonds is 0. The Morgan fingerprint density at radius 2 is 2.36 bits per heavy atom. The molecule has 2 aliphatic rings. The molecule has 0 amide bonds. The van der Waals surface area contributed by atoms with Crippen LogP contribution >= 0.6 is 0 Å². The van der Waals surface area contributed by atoms with Crippen LogP contribution in [-0.4, -0.2) is 24.9 Å². The van der Waals surface area contributed by atoms with Crippen LogP contribution in [0.15, 0.2) is 0 Å². The van der Waals surface area contributed by atoms with E-state index in [9.17, 15) is 0 Å². The van der Waals surface area contributed by atoms with Crippen LogP contribution in [0, 0.1) is 5.92 Å². The minimum atomic E-state index is 0.0538. The van der Waals surface area contributed by atoms with Crippen molar-refractivity contribution in [1.29, 1.82) is 0 Å². The number of nitrogens with one attached hydrogen (secondary N) is 1. The molecule has 2 rings (SSSR count). The van der Waals surface area contributed by atoms with Crippen LogP contribution in [-0.2, 0) is 9.57 Å². The summed E-state index contributed by atoms with van der Waals surface area (Å²) in [5, 5.41) is 0. The Kier molecular flexibility index (Phi) is 1.67. The van der Waals surface area contributed by atoms with E-state index in [-0.39, 0.29) is 11.6 Å². The highest BCUT2D eigenvalue weighted by Crippen LogP contribution is 2.33. The zero-order chi connectivity index (χ0) is 7.90. The summed E-state index contributed by atoms with van der Waals surface area (Å²) in [6, 6.07) is 0. The Labute approximate surface area is 67.0 Å². The SMILES string of the molecule is CC1CCOC2CONC12C. The van der Waals surface area contributed by atoms with Gasteiger partial charge in [0.2, 0.25) is 0 Å². The van der Waals surface area contributed by atoms with E-state index in [0.717, 1.165) is 13.0 Å². The van der Waals surface area contributed by atoms with Gasteiger partial charge in [0, 0.05) is 6.61 Å². The first-order valence-corrected chi connectivity index (χ1v) is 4.24. The van der Waals surface area contributed by atoms with Gasteiger partial charge in [-0.05, 0) is 19.3 Å². The summed E-state index contributed by atoms with van der Waals surface area (Å²) in [7, 11) is 0. The molecule has 2 aliphatic heterocycles. The van der Waals surface area contributed by atoms with Crippen molar-refractivity contribution in [2.24, 2.45) is 5.92 Å². The van der Waals surface area contributed by atoms with Crippen LogP contribution in [0.4, 0.5) is 0 Å². The molecule has 0 radical (unpaired) electrons. The van der Waals surface area contributed by atoms with Gasteiger partial charge >= 0.3 is 0 Å². The monoisotopic (exact) mass is 157 g/mol. The lowest BCUT2D eigenvalue weighted by molar-refractivity contribution is -0.0478. The lowest BCUT2D eigenvalue weighted by Crippen LogP contribution is -2.54. The predicted molar refractivity (Wildman–Crippen MR) is 41.0 cm³/mol. The van der Waals surface area contributed by atoms with Crippen molar-refractivity contribution in [1.82, 2.24) is 5.48 Å². The molecule has 2 fully saturated rings. The maximum atomic E-state index is 5.59. The second-order valence-corrected chi connectivity index (χ2v) is 3.74. The molecular formula is C8H15NO2. The molecule has 0 aromatic heterocycles. The van der Waals surface area contributed by atoms with Crippen LogP contribution in [0.25, 0.3) is 0 Å². The van der Waals surface area contributed by atoms with E-state index in [1.54, 1.807) is 0 Å². The summed E-state index contributed by atoms with van der Waals surface area (Å²) in [4.78, 5) is 5.19. The van der Waals surface area contributed by atoms with Crippen molar-refractivity contribution in [3.63, 3.8) is 0 Å². The highest BCUT2D eigenvalue weighted by Gasteiger charge is 2.47. The van der Waals surface area contributed by atoms with Crippen LogP contribution in [0.5, 0.6) is 0 Å². The molecule has 0 bridgehead atoms. The number of hydrogen-bond donors (Lipinski definition) is 1. The molecule has 64 valence electrons. The summed E-state index contributed by atoms with van der Waals surface area (Å²) >= 11 is 0. The molecule has 11 heavy (non-hydrogen) atoms. The minimum absolute atomic E-state index is 0.0538. The zero-order valence-electron chi connectivity index (χ0n) is 7.09. The van der Waals surface area contributed by atoms with Gasteiger partial charge in [-0.15, -0.1) is 0 Å². The fraction of sp³-hybridized carbons (Fsp3) is 1.00. The maximum absolute atomic E-state index is 5.59. The first-order valence-electron chi connectivity index (χ1n) is 4.24. The molecule has 2 heterocycles. The average molecular weight is 157 g/mol. The van der Waals surface area contributed by atoms with Crippen LogP contribution in [0.2, 0.25) is 0 Å². The van der Waals surface area contributed by atoms with Crippen molar-refractivity contribution >= 4 is 0 Å². The third kappa shape index (κ3) is 0.991. The highest BCUT2D eigenvalue weighted by atomic mass is 16.7. The summed E-state index contributed by atoms with van der Waals surface area (Å²) < 4.78 is 5.59. The molecule has 0 aromatic carbocycles. The second-order valence-electron chi connectivity index (χ2n) is 3.74. The molecule has 1 N–H and O–H groups in total. The first-order chi connectivity index (χ1) is 5.23. The van der Waals surface area contributed by atoms with E-state index >= 15 is 0 Å². The lowest BCUT2D eigenvalue weighted by Gasteiger charge is -2.39. The quantitative estimate of drug-likeness (QED) is 0.561. The van der Waals surface area contributed by atoms with E-state index < -0.39 is 0 Å². The smallest absolute Gasteiger partial charge is 0.103 e. The Morgan fingerprint density at radius 3 is 3.09 bits per heavy atom. The van der Waals surface area contributed by atoms with Gasteiger partial charge in [0.1, 0.15) is 6.10 Å². The molecule has 0 saturated carbocycles. The maximum Gasteiger partial charge on any atom is 0.103 e. The second kappa shape index (κ2) is 2.44. The normalized spacial score (nSPS) is 50.7. The Bertz CT molecular complexity index is 162. The van der Waals surface area contributed by atoms with Gasteiger partial charge in [-0.25, -0.2) is 0 Å². The van der Waals surface area contributed by atoms with E-state index in [4.69, 9.17) is 9.57 Å². The van der Waals surface area contributed by atoms with Crippen LogP contribution < -0.4 is 5.48 Å². The van der Waals surface area contributed by atoms with Crippen LogP contribution in [0.1, 0.15) is 20.3 Å². The van der Waals surface area contributed by atoms with Gasteiger partial charge < -0.3 is 4.74 Å². The molecule has 2 saturated heterocycles. The van der Waals surface area contributed by atoms with Crippen molar-refractivity contribution in [3.8, 4) is 0 Å². The number of ether oxygens (including phenoxy) is 1. The number of hydroxylamine groups is 1. The van der Waals surface area contributed by atoms with Crippen molar-refractivity contribution in [2.45, 2.75) is 31.9 Å². The van der Waals surface area contributed by atoms with Gasteiger partial charge in [-0.2, -0.15) is 5.48 Å². The Balaban J connectivity index is 2.17. The Morgan fingerprint density at radius 1 is 1.55 bits per heavy atom. The molecule has 0 spiro atoms. The van der Waals surface area contributed by atoms with E-state index in [1.165, 1.54) is 0 Å². The third-order valence-corrected chi connectivity index (χ3v) is 3.09. The van der Waals surface area contributed by atoms with Crippen molar-refractivity contribution in [2.75, 3.05) is 13.2 Å². The molecule has 0 aliphatic carbocycles. The lowest BCUT2D eigenvalue weighted by atomic mass is 9.80. The standard InChI is InChI=1S/C8H15NO2/c1-6-3-4-10-7-5-11-9-8(6,7)2/h6-7,9H,3-5H2,1-2H3. The first kappa shape index (κ1) is 7.53.